The average Bonchev–Trinajstić information content (AvgIpc) is 2.65. The van der Waals surface area contributed by atoms with E-state index in [-0.39, 0.29) is 5.17 Å². The van der Waals surface area contributed by atoms with Crippen molar-refractivity contribution < 1.29 is 5.21 Å². The van der Waals surface area contributed by atoms with Gasteiger partial charge >= 0.3 is 0 Å². The maximum atomic E-state index is 8.88. The minimum Gasteiger partial charge on any atom is -0.410 e. The van der Waals surface area contributed by atoms with Crippen molar-refractivity contribution in [3.8, 4) is 0 Å². The van der Waals surface area contributed by atoms with Crippen LogP contribution in [0.25, 0.3) is 0 Å². The maximum Gasteiger partial charge on any atom is 0.149 e. The molecule has 25 heavy (non-hydrogen) atoms. The van der Waals surface area contributed by atoms with Gasteiger partial charge in [-0.25, -0.2) is 0 Å². The Hall–Kier alpha value is -2.23. The highest BCUT2D eigenvalue weighted by atomic mass is 35.5. The minimum absolute atomic E-state index is 0.186. The largest absolute Gasteiger partial charge is 0.410 e. The maximum absolute atomic E-state index is 8.88. The Balaban J connectivity index is 1.90. The van der Waals surface area contributed by atoms with Gasteiger partial charge in [0.15, 0.2) is 0 Å². The summed E-state index contributed by atoms with van der Waals surface area (Å²) in [5.41, 5.74) is 3.57. The van der Waals surface area contributed by atoms with Crippen LogP contribution in [-0.2, 0) is 12.8 Å². The topological polar surface area (TPSA) is 32.6 Å². The highest BCUT2D eigenvalue weighted by Crippen LogP contribution is 2.32. The van der Waals surface area contributed by atoms with Gasteiger partial charge < -0.3 is 5.21 Å². The molecule has 0 aliphatic rings. The molecule has 0 heterocycles. The first-order chi connectivity index (χ1) is 12.2. The summed E-state index contributed by atoms with van der Waals surface area (Å²) in [4.78, 5) is 2.29. The van der Waals surface area contributed by atoms with Crippen molar-refractivity contribution in [3.05, 3.63) is 95.6 Å². The fraction of sp³-hybridized carbons (Fsp3) is 0.0952. The SMILES string of the molecule is ON=C(Cl)Cc1ccc(Cc2ccccc2)cc1Sc1ccccc1. The van der Waals surface area contributed by atoms with Crippen LogP contribution in [0.4, 0.5) is 0 Å². The van der Waals surface area contributed by atoms with Crippen LogP contribution < -0.4 is 0 Å². The zero-order valence-corrected chi connectivity index (χ0v) is 15.2. The van der Waals surface area contributed by atoms with Gasteiger partial charge in [-0.3, -0.25) is 0 Å². The molecule has 3 aromatic carbocycles. The number of halogens is 1. The minimum atomic E-state index is 0.186. The van der Waals surface area contributed by atoms with Gasteiger partial charge in [-0.1, -0.05) is 89.2 Å². The third kappa shape index (κ3) is 5.12. The first-order valence-corrected chi connectivity index (χ1v) is 9.19. The molecule has 0 saturated carbocycles. The molecule has 4 heteroatoms. The average molecular weight is 368 g/mol. The van der Waals surface area contributed by atoms with E-state index in [1.807, 2.05) is 24.3 Å². The smallest absolute Gasteiger partial charge is 0.149 e. The number of benzene rings is 3. The van der Waals surface area contributed by atoms with E-state index in [0.717, 1.165) is 21.8 Å². The van der Waals surface area contributed by atoms with Crippen LogP contribution in [0, 0.1) is 0 Å². The van der Waals surface area contributed by atoms with Gasteiger partial charge in [0.1, 0.15) is 5.17 Å². The Kier molecular flexibility index (Phi) is 6.15. The fourth-order valence-corrected chi connectivity index (χ4v) is 3.76. The van der Waals surface area contributed by atoms with Gasteiger partial charge in [-0.15, -0.1) is 0 Å². The van der Waals surface area contributed by atoms with Crippen LogP contribution in [0.2, 0.25) is 0 Å². The first kappa shape index (κ1) is 17.6. The standard InChI is InChI=1S/C21H18ClNOS/c22-21(23-24)15-18-12-11-17(13-16-7-3-1-4-8-16)14-20(18)25-19-9-5-2-6-10-19/h1-12,14,24H,13,15H2. The summed E-state index contributed by atoms with van der Waals surface area (Å²) in [6.45, 7) is 0. The summed E-state index contributed by atoms with van der Waals surface area (Å²) in [5, 5.41) is 12.2. The van der Waals surface area contributed by atoms with Gasteiger partial charge in [0.2, 0.25) is 0 Å². The van der Waals surface area contributed by atoms with Gasteiger partial charge in [-0.2, -0.15) is 0 Å². The Morgan fingerprint density at radius 3 is 2.24 bits per heavy atom. The number of nitrogens with zero attached hydrogens (tertiary/aromatic N) is 1. The molecule has 0 amide bonds. The molecule has 0 bridgehead atoms. The second-order valence-corrected chi connectivity index (χ2v) is 7.22. The summed E-state index contributed by atoms with van der Waals surface area (Å²) >= 11 is 7.63. The van der Waals surface area contributed by atoms with E-state index in [0.29, 0.717) is 6.42 Å². The van der Waals surface area contributed by atoms with Crippen LogP contribution in [-0.4, -0.2) is 10.4 Å². The van der Waals surface area contributed by atoms with E-state index in [9.17, 15) is 0 Å². The zero-order valence-electron chi connectivity index (χ0n) is 13.6. The summed E-state index contributed by atoms with van der Waals surface area (Å²) in [7, 11) is 0. The van der Waals surface area contributed by atoms with E-state index < -0.39 is 0 Å². The van der Waals surface area contributed by atoms with Crippen molar-refractivity contribution in [2.45, 2.75) is 22.6 Å². The van der Waals surface area contributed by atoms with E-state index in [1.165, 1.54) is 11.1 Å². The molecule has 0 aromatic heterocycles. The summed E-state index contributed by atoms with van der Waals surface area (Å²) < 4.78 is 0. The van der Waals surface area contributed by atoms with Gasteiger partial charge in [0.05, 0.1) is 0 Å². The van der Waals surface area contributed by atoms with Gasteiger partial charge in [0, 0.05) is 16.2 Å². The van der Waals surface area contributed by atoms with Crippen molar-refractivity contribution >= 4 is 28.5 Å². The van der Waals surface area contributed by atoms with Crippen LogP contribution in [0.1, 0.15) is 16.7 Å². The van der Waals surface area contributed by atoms with Crippen molar-refractivity contribution in [3.63, 3.8) is 0 Å². The highest BCUT2D eigenvalue weighted by Gasteiger charge is 2.09. The van der Waals surface area contributed by atoms with E-state index in [4.69, 9.17) is 16.8 Å². The van der Waals surface area contributed by atoms with Crippen LogP contribution in [0.3, 0.4) is 0 Å². The molecule has 0 fully saturated rings. The lowest BCUT2D eigenvalue weighted by molar-refractivity contribution is 0.319. The van der Waals surface area contributed by atoms with Crippen LogP contribution >= 0.6 is 23.4 Å². The molecule has 126 valence electrons. The van der Waals surface area contributed by atoms with Gasteiger partial charge in [-0.05, 0) is 41.3 Å². The first-order valence-electron chi connectivity index (χ1n) is 7.99. The third-order valence-corrected chi connectivity index (χ3v) is 5.12. The lowest BCUT2D eigenvalue weighted by Crippen LogP contribution is -1.98. The predicted octanol–water partition coefficient (Wildman–Crippen LogP) is 6.00. The molecule has 0 aliphatic heterocycles. The summed E-state index contributed by atoms with van der Waals surface area (Å²) in [6.07, 6.45) is 1.30. The molecule has 0 unspecified atom stereocenters. The Bertz CT molecular complexity index is 850. The zero-order chi connectivity index (χ0) is 17.5. The lowest BCUT2D eigenvalue weighted by atomic mass is 10.0. The number of hydrogen-bond acceptors (Lipinski definition) is 3. The monoisotopic (exact) mass is 367 g/mol. The fourth-order valence-electron chi connectivity index (χ4n) is 2.59. The molecule has 0 atom stereocenters. The second kappa shape index (κ2) is 8.75. The van der Waals surface area contributed by atoms with Crippen molar-refractivity contribution in [1.29, 1.82) is 0 Å². The van der Waals surface area contributed by atoms with Crippen molar-refractivity contribution in [2.75, 3.05) is 0 Å². The number of rotatable bonds is 6. The second-order valence-electron chi connectivity index (χ2n) is 5.67. The third-order valence-electron chi connectivity index (χ3n) is 3.80. The van der Waals surface area contributed by atoms with Crippen LogP contribution in [0.15, 0.2) is 93.8 Å². The molecule has 0 saturated heterocycles. The Morgan fingerprint density at radius 1 is 0.880 bits per heavy atom. The van der Waals surface area contributed by atoms with Crippen LogP contribution in [0.5, 0.6) is 0 Å². The van der Waals surface area contributed by atoms with E-state index in [1.54, 1.807) is 11.8 Å². The predicted molar refractivity (Wildman–Crippen MR) is 105 cm³/mol. The van der Waals surface area contributed by atoms with Gasteiger partial charge in [0.25, 0.3) is 0 Å². The molecule has 3 rings (SSSR count). The van der Waals surface area contributed by atoms with Crippen molar-refractivity contribution in [2.24, 2.45) is 5.16 Å². The molecule has 0 aliphatic carbocycles. The quantitative estimate of drug-likeness (QED) is 0.329. The normalized spacial score (nSPS) is 11.5. The molecule has 2 nitrogen and oxygen atoms in total. The molecular formula is C21H18ClNOS. The number of hydrogen-bond donors (Lipinski definition) is 1. The Morgan fingerprint density at radius 2 is 1.56 bits per heavy atom. The molecule has 0 spiro atoms. The van der Waals surface area contributed by atoms with E-state index >= 15 is 0 Å². The highest BCUT2D eigenvalue weighted by molar-refractivity contribution is 7.99. The summed E-state index contributed by atoms with van der Waals surface area (Å²) in [5.74, 6) is 0. The van der Waals surface area contributed by atoms with E-state index in [2.05, 4.69) is 59.8 Å². The molecule has 1 N–H and O–H groups in total. The summed E-state index contributed by atoms with van der Waals surface area (Å²) in [6, 6.07) is 27.0. The molecular weight excluding hydrogens is 350 g/mol. The van der Waals surface area contributed by atoms with Crippen molar-refractivity contribution in [1.82, 2.24) is 0 Å². The Labute approximate surface area is 157 Å². The lowest BCUT2D eigenvalue weighted by Gasteiger charge is -2.11. The molecule has 3 aromatic rings. The number of oxime groups is 1. The molecule has 0 radical (unpaired) electrons.